The van der Waals surface area contributed by atoms with Crippen LogP contribution in [-0.2, 0) is 20.7 Å². The smallest absolute Gasteiger partial charge is 0.258 e. The Labute approximate surface area is 131 Å². The number of ether oxygens (including phenoxy) is 2. The van der Waals surface area contributed by atoms with Crippen molar-refractivity contribution in [1.82, 2.24) is 5.32 Å². The van der Waals surface area contributed by atoms with Crippen LogP contribution in [-0.4, -0.2) is 37.6 Å². The average Bonchev–Trinajstić information content (AvgIpc) is 3.03. The van der Waals surface area contributed by atoms with Crippen LogP contribution in [0.1, 0.15) is 31.7 Å². The molecule has 22 heavy (non-hydrogen) atoms. The molecule has 2 rings (SSSR count). The van der Waals surface area contributed by atoms with Crippen molar-refractivity contribution in [3.63, 3.8) is 0 Å². The molecule has 1 atom stereocenters. The van der Waals surface area contributed by atoms with Gasteiger partial charge in [0.25, 0.3) is 5.91 Å². The van der Waals surface area contributed by atoms with Crippen molar-refractivity contribution in [2.24, 2.45) is 0 Å². The van der Waals surface area contributed by atoms with Gasteiger partial charge in [-0.2, -0.15) is 0 Å². The third-order valence-corrected chi connectivity index (χ3v) is 3.61. The van der Waals surface area contributed by atoms with Crippen molar-refractivity contribution >= 4 is 11.7 Å². The third kappa shape index (κ3) is 5.85. The van der Waals surface area contributed by atoms with Gasteiger partial charge in [-0.25, -0.2) is 0 Å². The highest BCUT2D eigenvalue weighted by molar-refractivity contribution is 5.77. The summed E-state index contributed by atoms with van der Waals surface area (Å²) in [5.74, 6) is 0.693. The van der Waals surface area contributed by atoms with Crippen LogP contribution < -0.4 is 10.1 Å². The van der Waals surface area contributed by atoms with Gasteiger partial charge in [0.05, 0.1) is 6.10 Å². The van der Waals surface area contributed by atoms with Crippen LogP contribution in [0, 0.1) is 0 Å². The van der Waals surface area contributed by atoms with Gasteiger partial charge < -0.3 is 19.6 Å². The zero-order valence-corrected chi connectivity index (χ0v) is 13.0. The predicted octanol–water partition coefficient (Wildman–Crippen LogP) is 1.88. The summed E-state index contributed by atoms with van der Waals surface area (Å²) in [4.78, 5) is 22.6. The van der Waals surface area contributed by atoms with Crippen molar-refractivity contribution < 1.29 is 19.1 Å². The molecule has 1 aromatic carbocycles. The molecule has 1 aromatic rings. The first-order valence-corrected chi connectivity index (χ1v) is 7.73. The van der Waals surface area contributed by atoms with E-state index in [1.54, 1.807) is 6.92 Å². The Hall–Kier alpha value is -1.88. The lowest BCUT2D eigenvalue weighted by molar-refractivity contribution is -0.123. The monoisotopic (exact) mass is 305 g/mol. The van der Waals surface area contributed by atoms with Crippen molar-refractivity contribution in [2.75, 3.05) is 19.8 Å². The Kier molecular flexibility index (Phi) is 6.40. The van der Waals surface area contributed by atoms with E-state index in [-0.39, 0.29) is 24.4 Å². The second-order valence-corrected chi connectivity index (χ2v) is 5.57. The molecule has 1 fully saturated rings. The van der Waals surface area contributed by atoms with E-state index in [4.69, 9.17) is 9.47 Å². The van der Waals surface area contributed by atoms with Crippen molar-refractivity contribution in [3.05, 3.63) is 29.8 Å². The molecule has 1 aliphatic rings. The molecule has 1 heterocycles. The summed E-state index contributed by atoms with van der Waals surface area (Å²) in [6.45, 7) is 2.92. The number of hydrogen-bond acceptors (Lipinski definition) is 4. The van der Waals surface area contributed by atoms with Crippen LogP contribution >= 0.6 is 0 Å². The first-order chi connectivity index (χ1) is 10.6. The quantitative estimate of drug-likeness (QED) is 0.796. The molecule has 0 saturated carbocycles. The number of hydrogen-bond donors (Lipinski definition) is 1. The normalized spacial score (nSPS) is 17.2. The molecular formula is C17H23NO4. The molecule has 5 nitrogen and oxygen atoms in total. The van der Waals surface area contributed by atoms with E-state index in [9.17, 15) is 9.59 Å². The van der Waals surface area contributed by atoms with Gasteiger partial charge >= 0.3 is 0 Å². The van der Waals surface area contributed by atoms with Crippen molar-refractivity contribution in [1.29, 1.82) is 0 Å². The number of carbonyl (C=O) groups is 2. The minimum atomic E-state index is -0.142. The molecule has 120 valence electrons. The van der Waals surface area contributed by atoms with Gasteiger partial charge in [-0.15, -0.1) is 0 Å². The topological polar surface area (TPSA) is 64.6 Å². The number of nitrogens with one attached hydrogen (secondary N) is 1. The first-order valence-electron chi connectivity index (χ1n) is 7.73. The van der Waals surface area contributed by atoms with Crippen LogP contribution in [0.25, 0.3) is 0 Å². The maximum Gasteiger partial charge on any atom is 0.258 e. The predicted molar refractivity (Wildman–Crippen MR) is 82.9 cm³/mol. The average molecular weight is 305 g/mol. The van der Waals surface area contributed by atoms with Crippen LogP contribution in [0.3, 0.4) is 0 Å². The van der Waals surface area contributed by atoms with E-state index in [1.807, 2.05) is 24.3 Å². The number of carbonyl (C=O) groups excluding carboxylic acids is 2. The van der Waals surface area contributed by atoms with Crippen LogP contribution in [0.15, 0.2) is 24.3 Å². The summed E-state index contributed by atoms with van der Waals surface area (Å²) in [6, 6.07) is 7.48. The summed E-state index contributed by atoms with van der Waals surface area (Å²) >= 11 is 0. The van der Waals surface area contributed by atoms with E-state index in [2.05, 4.69) is 5.32 Å². The highest BCUT2D eigenvalue weighted by atomic mass is 16.5. The molecule has 1 saturated heterocycles. The van der Waals surface area contributed by atoms with E-state index in [0.717, 1.165) is 31.4 Å². The second kappa shape index (κ2) is 8.54. The Morgan fingerprint density at radius 1 is 1.32 bits per heavy atom. The van der Waals surface area contributed by atoms with E-state index in [0.29, 0.717) is 18.7 Å². The fourth-order valence-corrected chi connectivity index (χ4v) is 2.31. The summed E-state index contributed by atoms with van der Waals surface area (Å²) in [5, 5.41) is 2.81. The minimum Gasteiger partial charge on any atom is -0.484 e. The Balaban J connectivity index is 1.67. The molecule has 1 unspecified atom stereocenters. The molecule has 1 amide bonds. The maximum absolute atomic E-state index is 11.7. The Morgan fingerprint density at radius 2 is 2.09 bits per heavy atom. The van der Waals surface area contributed by atoms with Crippen LogP contribution in [0.5, 0.6) is 5.75 Å². The molecule has 5 heteroatoms. The lowest BCUT2D eigenvalue weighted by atomic mass is 10.1. The highest BCUT2D eigenvalue weighted by Gasteiger charge is 2.16. The highest BCUT2D eigenvalue weighted by Crippen LogP contribution is 2.13. The van der Waals surface area contributed by atoms with Crippen LogP contribution in [0.2, 0.25) is 0 Å². The molecular weight excluding hydrogens is 282 g/mol. The van der Waals surface area contributed by atoms with Gasteiger partial charge in [0.15, 0.2) is 6.61 Å². The zero-order valence-electron chi connectivity index (χ0n) is 13.0. The summed E-state index contributed by atoms with van der Waals surface area (Å²) in [6.07, 6.45) is 3.49. The fraction of sp³-hybridized carbons (Fsp3) is 0.529. The Morgan fingerprint density at radius 3 is 2.73 bits per heavy atom. The SMILES string of the molecule is CC(=O)CCc1ccc(OCC(=O)NCC2CCCO2)cc1. The standard InChI is InChI=1S/C17H23NO4/c1-13(19)4-5-14-6-8-15(9-7-14)22-12-17(20)18-11-16-3-2-10-21-16/h6-9,16H,2-5,10-12H2,1H3,(H,18,20). The summed E-state index contributed by atoms with van der Waals surface area (Å²) in [5.41, 5.74) is 1.09. The lowest BCUT2D eigenvalue weighted by Crippen LogP contribution is -2.35. The van der Waals surface area contributed by atoms with Crippen LogP contribution in [0.4, 0.5) is 0 Å². The molecule has 0 spiro atoms. The zero-order chi connectivity index (χ0) is 15.8. The van der Waals surface area contributed by atoms with Gasteiger partial charge in [0, 0.05) is 19.6 Å². The number of Topliss-reactive ketones (excluding diaryl/α,β-unsaturated/α-hetero) is 1. The molecule has 1 aliphatic heterocycles. The largest absolute Gasteiger partial charge is 0.484 e. The van der Waals surface area contributed by atoms with Gasteiger partial charge in [-0.05, 0) is 43.9 Å². The van der Waals surface area contributed by atoms with E-state index in [1.165, 1.54) is 0 Å². The van der Waals surface area contributed by atoms with E-state index < -0.39 is 0 Å². The fourth-order valence-electron chi connectivity index (χ4n) is 2.31. The number of aryl methyl sites for hydroxylation is 1. The number of benzene rings is 1. The molecule has 0 radical (unpaired) electrons. The third-order valence-electron chi connectivity index (χ3n) is 3.61. The lowest BCUT2D eigenvalue weighted by Gasteiger charge is -2.11. The first kappa shape index (κ1) is 16.5. The summed E-state index contributed by atoms with van der Waals surface area (Å²) in [7, 11) is 0. The molecule has 0 bridgehead atoms. The molecule has 1 N–H and O–H groups in total. The summed E-state index contributed by atoms with van der Waals surface area (Å²) < 4.78 is 10.9. The van der Waals surface area contributed by atoms with E-state index >= 15 is 0 Å². The molecule has 0 aliphatic carbocycles. The number of amides is 1. The van der Waals surface area contributed by atoms with Crippen molar-refractivity contribution in [3.8, 4) is 5.75 Å². The Bertz CT molecular complexity index is 492. The number of rotatable bonds is 8. The van der Waals surface area contributed by atoms with Gasteiger partial charge in [-0.3, -0.25) is 4.79 Å². The van der Waals surface area contributed by atoms with Gasteiger partial charge in [-0.1, -0.05) is 12.1 Å². The number of ketones is 1. The van der Waals surface area contributed by atoms with Crippen molar-refractivity contribution in [2.45, 2.75) is 38.7 Å². The second-order valence-electron chi connectivity index (χ2n) is 5.57. The van der Waals surface area contributed by atoms with Gasteiger partial charge in [0.2, 0.25) is 0 Å². The molecule has 0 aromatic heterocycles. The minimum absolute atomic E-state index is 0.000484. The van der Waals surface area contributed by atoms with Gasteiger partial charge in [0.1, 0.15) is 11.5 Å². The maximum atomic E-state index is 11.7.